The minimum atomic E-state index is 1.06. The van der Waals surface area contributed by atoms with Crippen molar-refractivity contribution in [2.45, 2.75) is 0 Å². The number of hydrogen-bond acceptors (Lipinski definition) is 1. The summed E-state index contributed by atoms with van der Waals surface area (Å²) in [5.41, 5.74) is 0. The lowest BCUT2D eigenvalue weighted by atomic mass is 13.9. The van der Waals surface area contributed by atoms with Gasteiger partial charge in [0, 0.05) is 22.0 Å². The summed E-state index contributed by atoms with van der Waals surface area (Å²) in [6.07, 6.45) is 0. The summed E-state index contributed by atoms with van der Waals surface area (Å²) in [6.45, 7) is 0. The van der Waals surface area contributed by atoms with E-state index in [2.05, 4.69) is 35.9 Å². The zero-order valence-corrected chi connectivity index (χ0v) is 6.06. The van der Waals surface area contributed by atoms with Crippen LogP contribution in [0.5, 0.6) is 0 Å². The monoisotopic (exact) mass is 205 g/mol. The molecule has 0 aliphatic heterocycles. The Morgan fingerprint density at radius 2 is 2.25 bits per heavy atom. The Labute approximate surface area is 42.2 Å². The first-order chi connectivity index (χ1) is 1.91. The van der Waals surface area contributed by atoms with Crippen LogP contribution < -0.4 is 0 Å². The predicted octanol–water partition coefficient (Wildman–Crippen LogP) is 2.26. The molecule has 0 aromatic carbocycles. The van der Waals surface area contributed by atoms with Gasteiger partial charge in [0.1, 0.15) is 0 Å². The third-order valence-electron chi connectivity index (χ3n) is 0.0436. The minimum absolute atomic E-state index is 1.06. The Bertz CT molecular complexity index is 21.2. The van der Waals surface area contributed by atoms with Gasteiger partial charge in [-0.05, 0) is 9.39 Å². The summed E-state index contributed by atoms with van der Waals surface area (Å²) < 4.78 is 3.61. The predicted molar refractivity (Wildman–Crippen MR) is 33.1 cm³/mol. The first-order valence-electron chi connectivity index (χ1n) is 0.627. The average molecular weight is 205 g/mol. The Morgan fingerprint density at radius 1 is 2.00 bits per heavy atom. The molecule has 1 unspecified atom stereocenters. The highest BCUT2D eigenvalue weighted by atomic mass is 127. The van der Waals surface area contributed by atoms with Crippen LogP contribution in [-0.4, -0.2) is 0 Å². The van der Waals surface area contributed by atoms with Crippen LogP contribution in [0.15, 0.2) is 4.52 Å². The maximum absolute atomic E-state index is 3.61. The van der Waals surface area contributed by atoms with Crippen LogP contribution in [0.25, 0.3) is 0 Å². The van der Waals surface area contributed by atoms with Crippen molar-refractivity contribution in [1.82, 2.24) is 0 Å². The van der Waals surface area contributed by atoms with Crippen LogP contribution in [0, 0.1) is 0 Å². The van der Waals surface area contributed by atoms with Crippen molar-refractivity contribution in [3.8, 4) is 0 Å². The zero-order chi connectivity index (χ0) is 3.41. The van der Waals surface area contributed by atoms with E-state index in [1.165, 1.54) is 0 Å². The molecule has 0 bridgehead atoms. The smallest absolute Gasteiger partial charge is 0.0805 e. The molecule has 1 atom stereocenters. The van der Waals surface area contributed by atoms with Gasteiger partial charge in [-0.1, -0.05) is 0 Å². The molecule has 0 radical (unpaired) electrons. The molecule has 0 rings (SSSR count). The number of rotatable bonds is 0. The lowest BCUT2D eigenvalue weighted by molar-refractivity contribution is 2.11. The molecule has 4 heavy (non-hydrogen) atoms. The second-order valence-electron chi connectivity index (χ2n) is 0.191. The molecule has 0 spiro atoms. The van der Waals surface area contributed by atoms with Crippen LogP contribution in [0.2, 0.25) is 0 Å². The van der Waals surface area contributed by atoms with Crippen LogP contribution in [-0.2, 0) is 0 Å². The van der Waals surface area contributed by atoms with Crippen LogP contribution in [0.1, 0.15) is 0 Å². The van der Waals surface area contributed by atoms with Gasteiger partial charge in [0.2, 0.25) is 0 Å². The molecule has 24 valence electrons. The van der Waals surface area contributed by atoms with Gasteiger partial charge in [-0.3, -0.25) is 0 Å². The number of halogens is 1. The average Bonchev–Trinajstić information content (AvgIpc) is 1.37. The Balaban J connectivity index is 2.55. The number of nitrogens with zero attached hydrogens (tertiary/aromatic N) is 1. The van der Waals surface area contributed by atoms with Crippen molar-refractivity contribution in [2.24, 2.45) is 4.52 Å². The second-order valence-corrected chi connectivity index (χ2v) is 2.56. The molecule has 0 heterocycles. The van der Waals surface area contributed by atoms with E-state index in [-0.39, 0.29) is 0 Å². The summed E-state index contributed by atoms with van der Waals surface area (Å²) in [4.78, 5) is 0. The van der Waals surface area contributed by atoms with Crippen molar-refractivity contribution >= 4 is 37.4 Å². The molecule has 0 fully saturated rings. The zero-order valence-electron chi connectivity index (χ0n) is 1.85. The Morgan fingerprint density at radius 3 is 2.25 bits per heavy atom. The fraction of sp³-hybridized carbons (Fsp3) is 0. The fourth-order valence-corrected chi connectivity index (χ4v) is 0. The summed E-state index contributed by atoms with van der Waals surface area (Å²) in [5.74, 6) is 0. The molecular formula is H2INP2. The maximum atomic E-state index is 3.61. The Kier molecular flexibility index (Phi) is 5.60. The largest absolute Gasteiger partial charge is 0.241 e. The van der Waals surface area contributed by atoms with E-state index in [0.717, 1.165) is 6.02 Å². The van der Waals surface area contributed by atoms with Crippen LogP contribution >= 0.6 is 37.4 Å². The van der Waals surface area contributed by atoms with E-state index in [4.69, 9.17) is 0 Å². The van der Waals surface area contributed by atoms with Gasteiger partial charge in [-0.2, -0.15) is 0 Å². The normalized spacial score (nSPS) is 9.50. The van der Waals surface area contributed by atoms with Gasteiger partial charge in [0.15, 0.2) is 0 Å². The van der Waals surface area contributed by atoms with E-state index >= 15 is 0 Å². The molecule has 0 saturated heterocycles. The molecule has 0 aliphatic carbocycles. The van der Waals surface area contributed by atoms with Gasteiger partial charge in [-0.15, -0.1) is 0 Å². The molecule has 1 nitrogen and oxygen atoms in total. The summed E-state index contributed by atoms with van der Waals surface area (Å²) in [5, 5.41) is 0. The highest BCUT2D eigenvalue weighted by molar-refractivity contribution is 14.2. The molecule has 0 aromatic rings. The number of hydrogen-bond donors (Lipinski definition) is 0. The summed E-state index contributed by atoms with van der Waals surface area (Å²) in [6, 6.07) is 1.06. The maximum Gasteiger partial charge on any atom is 0.0805 e. The SMILES string of the molecule is P/N=P/I. The molecule has 0 saturated carbocycles. The van der Waals surface area contributed by atoms with Crippen molar-refractivity contribution in [1.29, 1.82) is 0 Å². The van der Waals surface area contributed by atoms with Crippen molar-refractivity contribution < 1.29 is 0 Å². The van der Waals surface area contributed by atoms with Crippen molar-refractivity contribution in [2.75, 3.05) is 0 Å². The molecular weight excluding hydrogens is 203 g/mol. The quantitative estimate of drug-likeness (QED) is 0.424. The molecule has 0 aliphatic rings. The van der Waals surface area contributed by atoms with E-state index < -0.39 is 0 Å². The van der Waals surface area contributed by atoms with Crippen LogP contribution in [0.4, 0.5) is 0 Å². The highest BCUT2D eigenvalue weighted by Gasteiger charge is 1.38. The first kappa shape index (κ1) is 5.26. The molecule has 0 aromatic heterocycles. The topological polar surface area (TPSA) is 12.4 Å². The Hall–Kier alpha value is 1.26. The minimum Gasteiger partial charge on any atom is -0.241 e. The van der Waals surface area contributed by atoms with Gasteiger partial charge >= 0.3 is 0 Å². The third-order valence-corrected chi connectivity index (χ3v) is 2.63. The van der Waals surface area contributed by atoms with Gasteiger partial charge in [0.25, 0.3) is 0 Å². The van der Waals surface area contributed by atoms with E-state index in [1.54, 1.807) is 0 Å². The van der Waals surface area contributed by atoms with Crippen molar-refractivity contribution in [3.05, 3.63) is 0 Å². The molecule has 4 heteroatoms. The lowest BCUT2D eigenvalue weighted by Gasteiger charge is -1.48. The molecule has 0 amide bonds. The fourth-order valence-electron chi connectivity index (χ4n) is 0. The second kappa shape index (κ2) is 4.26. The first-order valence-corrected chi connectivity index (χ1v) is 4.78. The van der Waals surface area contributed by atoms with Crippen molar-refractivity contribution in [3.63, 3.8) is 0 Å². The van der Waals surface area contributed by atoms with Gasteiger partial charge in [-0.25, -0.2) is 4.52 Å². The summed E-state index contributed by atoms with van der Waals surface area (Å²) >= 11 is 2.14. The van der Waals surface area contributed by atoms with E-state index in [9.17, 15) is 0 Å². The third kappa shape index (κ3) is 3.26. The molecule has 0 N–H and O–H groups in total. The summed E-state index contributed by atoms with van der Waals surface area (Å²) in [7, 11) is 2.26. The van der Waals surface area contributed by atoms with Crippen LogP contribution in [0.3, 0.4) is 0 Å². The van der Waals surface area contributed by atoms with Gasteiger partial charge < -0.3 is 0 Å². The standard InChI is InChI=1S/H2INP2/c1-4-2-3/h3H2. The van der Waals surface area contributed by atoms with E-state index in [1.807, 2.05) is 0 Å². The van der Waals surface area contributed by atoms with E-state index in [0.29, 0.717) is 0 Å². The highest BCUT2D eigenvalue weighted by Crippen LogP contribution is 2.12. The van der Waals surface area contributed by atoms with Gasteiger partial charge in [0.05, 0.1) is 6.02 Å². The lowest BCUT2D eigenvalue weighted by Crippen LogP contribution is -0.845.